The molecular formula is C16H13BrCl2N2. The molecule has 1 heterocycles. The summed E-state index contributed by atoms with van der Waals surface area (Å²) in [5.41, 5.74) is 4.17. The number of nitrogens with zero attached hydrogens (tertiary/aromatic N) is 2. The largest absolute Gasteiger partial charge is 0.296 e. The highest BCUT2D eigenvalue weighted by molar-refractivity contribution is 9.10. The number of benzene rings is 2. The average Bonchev–Trinajstić information content (AvgIpc) is 2.75. The first-order valence-electron chi connectivity index (χ1n) is 6.59. The lowest BCUT2D eigenvalue weighted by Gasteiger charge is -2.10. The quantitative estimate of drug-likeness (QED) is 0.543. The molecule has 0 aliphatic carbocycles. The number of imidazole rings is 1. The van der Waals surface area contributed by atoms with E-state index in [-0.39, 0.29) is 0 Å². The van der Waals surface area contributed by atoms with Crippen molar-refractivity contribution < 1.29 is 0 Å². The monoisotopic (exact) mass is 382 g/mol. The molecule has 0 spiro atoms. The number of hydrogen-bond donors (Lipinski definition) is 0. The van der Waals surface area contributed by atoms with Crippen LogP contribution in [0, 0.1) is 6.92 Å². The van der Waals surface area contributed by atoms with E-state index in [1.165, 1.54) is 5.56 Å². The molecule has 0 unspecified atom stereocenters. The molecule has 2 aromatic carbocycles. The van der Waals surface area contributed by atoms with Crippen molar-refractivity contribution in [3.8, 4) is 5.69 Å². The van der Waals surface area contributed by atoms with Gasteiger partial charge in [0.05, 0.1) is 11.0 Å². The summed E-state index contributed by atoms with van der Waals surface area (Å²) in [6.45, 7) is 2.07. The molecule has 0 aliphatic heterocycles. The Labute approximate surface area is 141 Å². The molecule has 108 valence electrons. The molecule has 0 amide bonds. The van der Waals surface area contributed by atoms with Crippen LogP contribution >= 0.6 is 39.1 Å². The second kappa shape index (κ2) is 5.99. The van der Waals surface area contributed by atoms with Gasteiger partial charge in [0.2, 0.25) is 0 Å². The zero-order valence-electron chi connectivity index (χ0n) is 11.4. The normalized spacial score (nSPS) is 11.2. The molecule has 3 rings (SSSR count). The highest BCUT2D eigenvalue weighted by Crippen LogP contribution is 2.27. The number of halogens is 3. The zero-order valence-corrected chi connectivity index (χ0v) is 14.5. The van der Waals surface area contributed by atoms with Gasteiger partial charge >= 0.3 is 0 Å². The Bertz CT molecular complexity index is 791. The topological polar surface area (TPSA) is 17.8 Å². The van der Waals surface area contributed by atoms with Gasteiger partial charge < -0.3 is 0 Å². The van der Waals surface area contributed by atoms with Crippen LogP contribution in [-0.2, 0) is 6.42 Å². The molecule has 21 heavy (non-hydrogen) atoms. The van der Waals surface area contributed by atoms with Crippen LogP contribution in [0.25, 0.3) is 16.7 Å². The van der Waals surface area contributed by atoms with Gasteiger partial charge in [-0.25, -0.2) is 4.98 Å². The second-order valence-corrected chi connectivity index (χ2v) is 6.65. The van der Waals surface area contributed by atoms with Gasteiger partial charge in [0.1, 0.15) is 5.82 Å². The number of aryl methyl sites for hydroxylation is 2. The van der Waals surface area contributed by atoms with Crippen LogP contribution in [0.2, 0.25) is 5.02 Å². The first-order chi connectivity index (χ1) is 10.1. The minimum atomic E-state index is 0.532. The maximum atomic E-state index is 6.15. The first kappa shape index (κ1) is 14.9. The Kier molecular flexibility index (Phi) is 4.25. The SMILES string of the molecule is Cc1cc(Br)cc(-n2c(CCCl)nc3ccc(Cl)cc32)c1. The van der Waals surface area contributed by atoms with E-state index in [1.807, 2.05) is 18.2 Å². The van der Waals surface area contributed by atoms with E-state index in [1.54, 1.807) is 0 Å². The molecule has 0 fully saturated rings. The predicted octanol–water partition coefficient (Wildman–Crippen LogP) is 5.53. The highest BCUT2D eigenvalue weighted by atomic mass is 79.9. The minimum absolute atomic E-state index is 0.532. The molecule has 2 nitrogen and oxygen atoms in total. The van der Waals surface area contributed by atoms with E-state index in [9.17, 15) is 0 Å². The van der Waals surface area contributed by atoms with E-state index < -0.39 is 0 Å². The Morgan fingerprint density at radius 2 is 2.00 bits per heavy atom. The van der Waals surface area contributed by atoms with Crippen molar-refractivity contribution in [3.63, 3.8) is 0 Å². The van der Waals surface area contributed by atoms with Crippen molar-refractivity contribution >= 4 is 50.2 Å². The summed E-state index contributed by atoms with van der Waals surface area (Å²) in [6.07, 6.45) is 0.708. The maximum absolute atomic E-state index is 6.15. The van der Waals surface area contributed by atoms with Crippen molar-refractivity contribution in [3.05, 3.63) is 57.3 Å². The van der Waals surface area contributed by atoms with E-state index >= 15 is 0 Å². The van der Waals surface area contributed by atoms with E-state index in [2.05, 4.69) is 50.6 Å². The molecule has 0 atom stereocenters. The standard InChI is InChI=1S/C16H13BrCl2N2/c1-10-6-11(17)8-13(7-10)21-15-9-12(19)2-3-14(15)20-16(21)4-5-18/h2-3,6-9H,4-5H2,1H3. The van der Waals surface area contributed by atoms with Crippen LogP contribution in [0.5, 0.6) is 0 Å². The molecule has 0 N–H and O–H groups in total. The van der Waals surface area contributed by atoms with Gasteiger partial charge in [-0.2, -0.15) is 0 Å². The summed E-state index contributed by atoms with van der Waals surface area (Å²) >= 11 is 15.6. The third kappa shape index (κ3) is 2.96. The first-order valence-corrected chi connectivity index (χ1v) is 8.29. The summed E-state index contributed by atoms with van der Waals surface area (Å²) in [7, 11) is 0. The summed E-state index contributed by atoms with van der Waals surface area (Å²) in [4.78, 5) is 4.68. The molecule has 0 aliphatic rings. The number of fused-ring (bicyclic) bond motifs is 1. The minimum Gasteiger partial charge on any atom is -0.296 e. The Morgan fingerprint density at radius 1 is 1.19 bits per heavy atom. The Balaban J connectivity index is 2.32. The molecule has 0 radical (unpaired) electrons. The van der Waals surface area contributed by atoms with Crippen LogP contribution in [0.4, 0.5) is 0 Å². The summed E-state index contributed by atoms with van der Waals surface area (Å²) < 4.78 is 3.17. The van der Waals surface area contributed by atoms with Gasteiger partial charge in [-0.3, -0.25) is 4.57 Å². The van der Waals surface area contributed by atoms with Gasteiger partial charge in [0.25, 0.3) is 0 Å². The van der Waals surface area contributed by atoms with Crippen molar-refractivity contribution in [2.24, 2.45) is 0 Å². The van der Waals surface area contributed by atoms with Gasteiger partial charge in [-0.05, 0) is 48.9 Å². The lowest BCUT2D eigenvalue weighted by Crippen LogP contribution is -2.02. The fourth-order valence-electron chi connectivity index (χ4n) is 2.48. The summed E-state index contributed by atoms with van der Waals surface area (Å²) in [6, 6.07) is 12.0. The van der Waals surface area contributed by atoms with Crippen molar-refractivity contribution in [2.75, 3.05) is 5.88 Å². The Morgan fingerprint density at radius 3 is 2.71 bits per heavy atom. The lowest BCUT2D eigenvalue weighted by molar-refractivity contribution is 0.911. The van der Waals surface area contributed by atoms with Crippen LogP contribution in [-0.4, -0.2) is 15.4 Å². The van der Waals surface area contributed by atoms with Crippen molar-refractivity contribution in [1.82, 2.24) is 9.55 Å². The van der Waals surface area contributed by atoms with E-state index in [4.69, 9.17) is 23.2 Å². The highest BCUT2D eigenvalue weighted by Gasteiger charge is 2.13. The molecular weight excluding hydrogens is 371 g/mol. The van der Waals surface area contributed by atoms with Crippen molar-refractivity contribution in [1.29, 1.82) is 0 Å². The maximum Gasteiger partial charge on any atom is 0.115 e. The van der Waals surface area contributed by atoms with Crippen LogP contribution < -0.4 is 0 Å². The number of rotatable bonds is 3. The van der Waals surface area contributed by atoms with Crippen LogP contribution in [0.1, 0.15) is 11.4 Å². The predicted molar refractivity (Wildman–Crippen MR) is 92.9 cm³/mol. The smallest absolute Gasteiger partial charge is 0.115 e. The molecule has 0 saturated heterocycles. The van der Waals surface area contributed by atoms with Gasteiger partial charge in [-0.1, -0.05) is 27.5 Å². The second-order valence-electron chi connectivity index (χ2n) is 4.92. The van der Waals surface area contributed by atoms with Gasteiger partial charge in [0.15, 0.2) is 0 Å². The molecule has 5 heteroatoms. The third-order valence-electron chi connectivity index (χ3n) is 3.29. The van der Waals surface area contributed by atoms with Crippen molar-refractivity contribution in [2.45, 2.75) is 13.3 Å². The number of alkyl halides is 1. The number of aromatic nitrogens is 2. The van der Waals surface area contributed by atoms with E-state index in [0.29, 0.717) is 17.3 Å². The third-order valence-corrected chi connectivity index (χ3v) is 4.17. The Hall–Kier alpha value is -1.03. The molecule has 0 saturated carbocycles. The lowest BCUT2D eigenvalue weighted by atomic mass is 10.2. The molecule has 0 bridgehead atoms. The van der Waals surface area contributed by atoms with E-state index in [0.717, 1.165) is 27.0 Å². The fourth-order valence-corrected chi connectivity index (χ4v) is 3.42. The van der Waals surface area contributed by atoms with Crippen LogP contribution in [0.15, 0.2) is 40.9 Å². The number of hydrogen-bond acceptors (Lipinski definition) is 1. The van der Waals surface area contributed by atoms with Gasteiger partial charge in [-0.15, -0.1) is 11.6 Å². The average molecular weight is 384 g/mol. The molecule has 3 aromatic rings. The molecule has 1 aromatic heterocycles. The summed E-state index contributed by atoms with van der Waals surface area (Å²) in [5.74, 6) is 1.48. The fraction of sp³-hybridized carbons (Fsp3) is 0.188. The van der Waals surface area contributed by atoms with Gasteiger partial charge in [0, 0.05) is 27.5 Å². The van der Waals surface area contributed by atoms with Crippen LogP contribution in [0.3, 0.4) is 0 Å². The summed E-state index contributed by atoms with van der Waals surface area (Å²) in [5, 5.41) is 0.702. The zero-order chi connectivity index (χ0) is 15.0.